The SMILES string of the molecule is C/C=C(\C/C=C\CC)Oc1ccc(C=O)cc1.C1CCNC1.CCN.N.O. The number of benzene rings is 1. The Labute approximate surface area is 164 Å². The van der Waals surface area contributed by atoms with Gasteiger partial charge in [-0.3, -0.25) is 4.79 Å². The Morgan fingerprint density at radius 3 is 2.07 bits per heavy atom. The van der Waals surface area contributed by atoms with Gasteiger partial charge in [-0.1, -0.05) is 26.0 Å². The fourth-order valence-corrected chi connectivity index (χ4v) is 1.98. The number of nitrogens with two attached hydrogens (primary N) is 1. The Kier molecular flexibility index (Phi) is 24.3. The van der Waals surface area contributed by atoms with Crippen molar-refractivity contribution in [3.63, 3.8) is 0 Å². The van der Waals surface area contributed by atoms with E-state index in [4.69, 9.17) is 10.5 Å². The van der Waals surface area contributed by atoms with Gasteiger partial charge in [-0.25, -0.2) is 0 Å². The average Bonchev–Trinajstić information content (AvgIpc) is 3.22. The Bertz CT molecular complexity index is 488. The molecule has 6 nitrogen and oxygen atoms in total. The van der Waals surface area contributed by atoms with Gasteiger partial charge < -0.3 is 27.4 Å². The van der Waals surface area contributed by atoms with Crippen molar-refractivity contribution in [3.8, 4) is 5.75 Å². The highest BCUT2D eigenvalue weighted by Gasteiger charge is 1.98. The lowest BCUT2D eigenvalue weighted by Gasteiger charge is -2.07. The van der Waals surface area contributed by atoms with Gasteiger partial charge in [-0.05, 0) is 76.2 Å². The molecule has 0 spiro atoms. The molecule has 6 heteroatoms. The smallest absolute Gasteiger partial charge is 0.150 e. The Hall–Kier alpha value is -1.99. The summed E-state index contributed by atoms with van der Waals surface area (Å²) in [5.74, 6) is 1.67. The van der Waals surface area contributed by atoms with Gasteiger partial charge in [0.15, 0.2) is 0 Å². The van der Waals surface area contributed by atoms with Crippen LogP contribution < -0.4 is 21.9 Å². The van der Waals surface area contributed by atoms with E-state index in [1.54, 1.807) is 24.3 Å². The van der Waals surface area contributed by atoms with Gasteiger partial charge in [0, 0.05) is 12.0 Å². The van der Waals surface area contributed by atoms with E-state index in [0.717, 1.165) is 37.2 Å². The van der Waals surface area contributed by atoms with Gasteiger partial charge in [-0.15, -0.1) is 0 Å². The van der Waals surface area contributed by atoms with Crippen LogP contribution in [0.4, 0.5) is 0 Å². The molecule has 1 saturated heterocycles. The number of allylic oxidation sites excluding steroid dienone is 3. The molecule has 0 aliphatic carbocycles. The molecule has 0 unspecified atom stereocenters. The number of carbonyl (C=O) groups is 1. The minimum absolute atomic E-state index is 0. The normalized spacial score (nSPS) is 12.5. The van der Waals surface area contributed by atoms with E-state index < -0.39 is 0 Å². The molecule has 1 aromatic rings. The van der Waals surface area contributed by atoms with Crippen LogP contribution in [0.1, 0.15) is 56.8 Å². The van der Waals surface area contributed by atoms with Gasteiger partial charge in [0.05, 0.1) is 0 Å². The summed E-state index contributed by atoms with van der Waals surface area (Å²) >= 11 is 0. The quantitative estimate of drug-likeness (QED) is 0.392. The number of rotatable bonds is 6. The molecule has 156 valence electrons. The van der Waals surface area contributed by atoms with Crippen molar-refractivity contribution >= 4 is 6.29 Å². The molecule has 1 aliphatic rings. The fraction of sp³-hybridized carbons (Fsp3) is 0.476. The maximum absolute atomic E-state index is 10.5. The molecule has 2 rings (SSSR count). The van der Waals surface area contributed by atoms with Crippen LogP contribution in [0, 0.1) is 0 Å². The summed E-state index contributed by atoms with van der Waals surface area (Å²) in [6, 6.07) is 7.10. The minimum atomic E-state index is 0. The van der Waals surface area contributed by atoms with Crippen LogP contribution >= 0.6 is 0 Å². The highest BCUT2D eigenvalue weighted by molar-refractivity contribution is 5.74. The molecule has 1 heterocycles. The van der Waals surface area contributed by atoms with Crippen LogP contribution in [0.2, 0.25) is 0 Å². The van der Waals surface area contributed by atoms with Crippen molar-refractivity contribution in [2.45, 2.75) is 46.5 Å². The zero-order valence-corrected chi connectivity index (χ0v) is 17.2. The molecule has 0 saturated carbocycles. The minimum Gasteiger partial charge on any atom is -0.462 e. The number of hydrogen-bond donors (Lipinski definition) is 3. The number of hydrogen-bond acceptors (Lipinski definition) is 5. The van der Waals surface area contributed by atoms with Crippen molar-refractivity contribution in [3.05, 3.63) is 53.8 Å². The summed E-state index contributed by atoms with van der Waals surface area (Å²) in [6.45, 7) is 9.21. The van der Waals surface area contributed by atoms with E-state index in [1.807, 2.05) is 19.9 Å². The molecule has 1 aliphatic heterocycles. The third-order valence-electron chi connectivity index (χ3n) is 3.27. The lowest BCUT2D eigenvalue weighted by molar-refractivity contribution is 0.112. The summed E-state index contributed by atoms with van der Waals surface area (Å²) in [5, 5.41) is 3.22. The van der Waals surface area contributed by atoms with Gasteiger partial charge >= 0.3 is 0 Å². The zero-order valence-electron chi connectivity index (χ0n) is 17.2. The number of nitrogens with one attached hydrogen (secondary N) is 1. The fourth-order valence-electron chi connectivity index (χ4n) is 1.98. The zero-order chi connectivity index (χ0) is 18.8. The van der Waals surface area contributed by atoms with Crippen molar-refractivity contribution < 1.29 is 15.0 Å². The number of carbonyl (C=O) groups excluding carboxylic acids is 1. The van der Waals surface area contributed by atoms with E-state index in [2.05, 4.69) is 24.4 Å². The first kappa shape index (κ1) is 29.8. The van der Waals surface area contributed by atoms with Gasteiger partial charge in [-0.2, -0.15) is 0 Å². The predicted molar refractivity (Wildman–Crippen MR) is 116 cm³/mol. The second-order valence-electron chi connectivity index (χ2n) is 5.49. The first-order chi connectivity index (χ1) is 12.2. The lowest BCUT2D eigenvalue weighted by Crippen LogP contribution is -2.03. The summed E-state index contributed by atoms with van der Waals surface area (Å²) < 4.78 is 5.70. The standard InChI is InChI=1S/C15H18O2.C4H9N.C2H7N.H3N.H2O/c1-3-5-6-7-14(4-2)17-15-10-8-13(12-16)9-11-15;1-2-4-5-3-1;1-2-3;;/h4-6,8-12H,3,7H2,1-2H3;5H,1-4H2;2-3H2,1H3;1H3;1H2/b6-5-,14-4+;;;;. The Morgan fingerprint density at radius 2 is 1.70 bits per heavy atom. The van der Waals surface area contributed by atoms with E-state index >= 15 is 0 Å². The number of ether oxygens (including phenoxy) is 1. The first-order valence-electron chi connectivity index (χ1n) is 9.15. The van der Waals surface area contributed by atoms with Crippen LogP contribution in [0.3, 0.4) is 0 Å². The lowest BCUT2D eigenvalue weighted by atomic mass is 10.2. The molecule has 0 aromatic heterocycles. The summed E-state index contributed by atoms with van der Waals surface area (Å²) in [5.41, 5.74) is 5.50. The van der Waals surface area contributed by atoms with E-state index in [-0.39, 0.29) is 11.6 Å². The van der Waals surface area contributed by atoms with Crippen LogP contribution in [0.25, 0.3) is 0 Å². The van der Waals surface area contributed by atoms with Gasteiger partial charge in [0.1, 0.15) is 17.8 Å². The molecule has 0 radical (unpaired) electrons. The molecule has 27 heavy (non-hydrogen) atoms. The molecule has 1 aromatic carbocycles. The molecule has 8 N–H and O–H groups in total. The van der Waals surface area contributed by atoms with E-state index in [1.165, 1.54) is 25.9 Å². The van der Waals surface area contributed by atoms with Crippen molar-refractivity contribution in [2.24, 2.45) is 5.73 Å². The molecular weight excluding hydrogens is 342 g/mol. The van der Waals surface area contributed by atoms with Gasteiger partial charge in [0.2, 0.25) is 0 Å². The first-order valence-corrected chi connectivity index (χ1v) is 9.15. The highest BCUT2D eigenvalue weighted by atomic mass is 16.5. The van der Waals surface area contributed by atoms with E-state index in [0.29, 0.717) is 5.56 Å². The van der Waals surface area contributed by atoms with Crippen LogP contribution in [-0.4, -0.2) is 31.4 Å². The van der Waals surface area contributed by atoms with Crippen molar-refractivity contribution in [2.75, 3.05) is 19.6 Å². The van der Waals surface area contributed by atoms with E-state index in [9.17, 15) is 4.79 Å². The maximum Gasteiger partial charge on any atom is 0.150 e. The third-order valence-corrected chi connectivity index (χ3v) is 3.27. The monoisotopic (exact) mass is 381 g/mol. The Morgan fingerprint density at radius 1 is 1.15 bits per heavy atom. The van der Waals surface area contributed by atoms with Crippen LogP contribution in [0.15, 0.2) is 48.3 Å². The molecule has 0 bridgehead atoms. The average molecular weight is 382 g/mol. The number of aldehydes is 1. The summed E-state index contributed by atoms with van der Waals surface area (Å²) in [4.78, 5) is 10.5. The second-order valence-corrected chi connectivity index (χ2v) is 5.49. The predicted octanol–water partition coefficient (Wildman–Crippen LogP) is 3.81. The molecule has 0 amide bonds. The highest BCUT2D eigenvalue weighted by Crippen LogP contribution is 2.16. The summed E-state index contributed by atoms with van der Waals surface area (Å²) in [7, 11) is 0. The van der Waals surface area contributed by atoms with Crippen LogP contribution in [-0.2, 0) is 0 Å². The Balaban J connectivity index is -0.000000483. The molecule has 0 atom stereocenters. The molecule has 1 fully saturated rings. The van der Waals surface area contributed by atoms with Crippen molar-refractivity contribution in [1.82, 2.24) is 11.5 Å². The summed E-state index contributed by atoms with van der Waals surface area (Å²) in [6.07, 6.45) is 11.6. The maximum atomic E-state index is 10.5. The second kappa shape index (κ2) is 22.1. The van der Waals surface area contributed by atoms with Crippen molar-refractivity contribution in [1.29, 1.82) is 0 Å². The third kappa shape index (κ3) is 17.2. The topological polar surface area (TPSA) is 131 Å². The largest absolute Gasteiger partial charge is 0.462 e. The van der Waals surface area contributed by atoms with Crippen LogP contribution in [0.5, 0.6) is 5.75 Å². The molecular formula is C21H39N3O3. The van der Waals surface area contributed by atoms with Gasteiger partial charge in [0.25, 0.3) is 0 Å².